The lowest BCUT2D eigenvalue weighted by Gasteiger charge is -2.16. The van der Waals surface area contributed by atoms with Gasteiger partial charge in [-0.3, -0.25) is 0 Å². The van der Waals surface area contributed by atoms with E-state index in [1.54, 1.807) is 11.3 Å². The minimum absolute atomic E-state index is 0.773. The number of benzene rings is 1. The lowest BCUT2D eigenvalue weighted by Crippen LogP contribution is -2.26. The third-order valence-corrected chi connectivity index (χ3v) is 4.28. The number of hydrogen-bond acceptors (Lipinski definition) is 5. The highest BCUT2D eigenvalue weighted by Gasteiger charge is 2.11. The third kappa shape index (κ3) is 2.28. The van der Waals surface area contributed by atoms with Gasteiger partial charge < -0.3 is 16.0 Å². The van der Waals surface area contributed by atoms with Crippen molar-refractivity contribution in [1.82, 2.24) is 9.88 Å². The lowest BCUT2D eigenvalue weighted by molar-refractivity contribution is 0.353. The molecular formula is C13H18N4S. The molecule has 1 aromatic heterocycles. The van der Waals surface area contributed by atoms with Gasteiger partial charge >= 0.3 is 0 Å². The summed E-state index contributed by atoms with van der Waals surface area (Å²) in [5, 5.41) is 3.42. The van der Waals surface area contributed by atoms with Crippen molar-refractivity contribution in [3.05, 3.63) is 17.6 Å². The zero-order chi connectivity index (χ0) is 12.4. The van der Waals surface area contributed by atoms with Crippen molar-refractivity contribution in [2.45, 2.75) is 12.8 Å². The van der Waals surface area contributed by atoms with Crippen LogP contribution in [0.25, 0.3) is 10.2 Å². The summed E-state index contributed by atoms with van der Waals surface area (Å²) in [6, 6.07) is 4.14. The molecule has 0 bridgehead atoms. The second-order valence-electron chi connectivity index (χ2n) is 4.70. The summed E-state index contributed by atoms with van der Waals surface area (Å²) < 4.78 is 1.15. The normalized spacial score (nSPS) is 16.4. The Morgan fingerprint density at radius 2 is 2.17 bits per heavy atom. The molecule has 5 heteroatoms. The fraction of sp³-hybridized carbons (Fsp3) is 0.462. The third-order valence-electron chi connectivity index (χ3n) is 3.48. The van der Waals surface area contributed by atoms with Gasteiger partial charge in [0.05, 0.1) is 21.6 Å². The van der Waals surface area contributed by atoms with E-state index in [1.165, 1.54) is 25.9 Å². The molecule has 0 spiro atoms. The molecule has 96 valence electrons. The number of nitrogens with one attached hydrogen (secondary N) is 1. The Bertz CT molecular complexity index is 531. The van der Waals surface area contributed by atoms with Crippen LogP contribution in [0.4, 0.5) is 11.4 Å². The maximum absolute atomic E-state index is 6.13. The molecule has 2 heterocycles. The van der Waals surface area contributed by atoms with Crippen molar-refractivity contribution in [3.8, 4) is 0 Å². The van der Waals surface area contributed by atoms with Gasteiger partial charge in [0.1, 0.15) is 5.52 Å². The molecule has 1 fully saturated rings. The largest absolute Gasteiger partial charge is 0.395 e. The number of aromatic nitrogens is 1. The van der Waals surface area contributed by atoms with Gasteiger partial charge in [-0.1, -0.05) is 0 Å². The Balaban J connectivity index is 1.64. The van der Waals surface area contributed by atoms with Crippen molar-refractivity contribution >= 4 is 32.9 Å². The first-order chi connectivity index (χ1) is 8.84. The minimum Gasteiger partial charge on any atom is -0.395 e. The number of thiazole rings is 1. The molecule has 18 heavy (non-hydrogen) atoms. The molecule has 0 amide bonds. The quantitative estimate of drug-likeness (QED) is 0.831. The number of nitrogen functional groups attached to an aromatic ring is 1. The number of fused-ring (bicyclic) bond motifs is 1. The average molecular weight is 262 g/mol. The highest BCUT2D eigenvalue weighted by molar-refractivity contribution is 7.16. The van der Waals surface area contributed by atoms with Crippen LogP contribution in [-0.2, 0) is 0 Å². The van der Waals surface area contributed by atoms with E-state index in [1.807, 2.05) is 5.51 Å². The molecule has 0 atom stereocenters. The maximum Gasteiger partial charge on any atom is 0.106 e. The van der Waals surface area contributed by atoms with E-state index < -0.39 is 0 Å². The fourth-order valence-corrected chi connectivity index (χ4v) is 3.15. The SMILES string of the molecule is Nc1c(NCCN2CCCC2)ccc2scnc12. The number of rotatable bonds is 4. The summed E-state index contributed by atoms with van der Waals surface area (Å²) in [6.07, 6.45) is 2.68. The van der Waals surface area contributed by atoms with Crippen LogP contribution in [0.15, 0.2) is 17.6 Å². The van der Waals surface area contributed by atoms with E-state index in [0.29, 0.717) is 0 Å². The van der Waals surface area contributed by atoms with Crippen LogP contribution in [0, 0.1) is 0 Å². The monoisotopic (exact) mass is 262 g/mol. The van der Waals surface area contributed by atoms with Crippen molar-refractivity contribution in [2.75, 3.05) is 37.2 Å². The summed E-state index contributed by atoms with van der Waals surface area (Å²) in [5.41, 5.74) is 10.7. The van der Waals surface area contributed by atoms with Gasteiger partial charge in [0.2, 0.25) is 0 Å². The summed E-state index contributed by atoms with van der Waals surface area (Å²) in [4.78, 5) is 6.80. The lowest BCUT2D eigenvalue weighted by atomic mass is 10.2. The molecule has 0 saturated carbocycles. The van der Waals surface area contributed by atoms with Crippen molar-refractivity contribution in [1.29, 1.82) is 0 Å². The zero-order valence-corrected chi connectivity index (χ0v) is 11.2. The van der Waals surface area contributed by atoms with Gasteiger partial charge in [-0.05, 0) is 38.1 Å². The smallest absolute Gasteiger partial charge is 0.106 e. The van der Waals surface area contributed by atoms with Crippen LogP contribution < -0.4 is 11.1 Å². The maximum atomic E-state index is 6.13. The van der Waals surface area contributed by atoms with Crippen LogP contribution in [0.3, 0.4) is 0 Å². The minimum atomic E-state index is 0.773. The number of nitrogens with zero attached hydrogens (tertiary/aromatic N) is 2. The van der Waals surface area contributed by atoms with Crippen LogP contribution in [0.5, 0.6) is 0 Å². The topological polar surface area (TPSA) is 54.2 Å². The molecule has 0 radical (unpaired) electrons. The Kier molecular flexibility index (Phi) is 3.34. The second kappa shape index (κ2) is 5.12. The molecule has 1 aromatic carbocycles. The number of hydrogen-bond donors (Lipinski definition) is 2. The molecule has 1 saturated heterocycles. The Morgan fingerprint density at radius 3 is 3.00 bits per heavy atom. The van der Waals surface area contributed by atoms with Gasteiger partial charge in [0.25, 0.3) is 0 Å². The van der Waals surface area contributed by atoms with Crippen molar-refractivity contribution < 1.29 is 0 Å². The molecule has 0 aliphatic carbocycles. The fourth-order valence-electron chi connectivity index (χ4n) is 2.46. The number of nitrogens with two attached hydrogens (primary N) is 1. The predicted octanol–water partition coefficient (Wildman–Crippen LogP) is 2.39. The second-order valence-corrected chi connectivity index (χ2v) is 5.59. The van der Waals surface area contributed by atoms with E-state index >= 15 is 0 Å². The molecule has 1 aliphatic heterocycles. The average Bonchev–Trinajstić information content (AvgIpc) is 3.02. The van der Waals surface area contributed by atoms with E-state index in [0.717, 1.165) is 34.7 Å². The van der Waals surface area contributed by atoms with Gasteiger partial charge in [0.15, 0.2) is 0 Å². The van der Waals surface area contributed by atoms with Gasteiger partial charge in [-0.2, -0.15) is 0 Å². The van der Waals surface area contributed by atoms with E-state index in [2.05, 4.69) is 27.3 Å². The van der Waals surface area contributed by atoms with Crippen LogP contribution in [0.2, 0.25) is 0 Å². The first-order valence-corrected chi connectivity index (χ1v) is 7.30. The standard InChI is InChI=1S/C13H18N4S/c14-12-10(3-4-11-13(12)16-9-18-11)15-5-8-17-6-1-2-7-17/h3-4,9,15H,1-2,5-8,14H2. The van der Waals surface area contributed by atoms with E-state index in [-0.39, 0.29) is 0 Å². The van der Waals surface area contributed by atoms with E-state index in [4.69, 9.17) is 5.73 Å². The predicted molar refractivity (Wildman–Crippen MR) is 78.2 cm³/mol. The Hall–Kier alpha value is -1.33. The van der Waals surface area contributed by atoms with Gasteiger partial charge in [-0.15, -0.1) is 11.3 Å². The van der Waals surface area contributed by atoms with Crippen molar-refractivity contribution in [2.24, 2.45) is 0 Å². The number of likely N-dealkylation sites (tertiary alicyclic amines) is 1. The highest BCUT2D eigenvalue weighted by atomic mass is 32.1. The van der Waals surface area contributed by atoms with Crippen LogP contribution in [-0.4, -0.2) is 36.1 Å². The molecule has 2 aromatic rings. The molecule has 3 N–H and O–H groups in total. The van der Waals surface area contributed by atoms with Gasteiger partial charge in [-0.25, -0.2) is 4.98 Å². The van der Waals surface area contributed by atoms with E-state index in [9.17, 15) is 0 Å². The Labute approximate surface area is 111 Å². The summed E-state index contributed by atoms with van der Waals surface area (Å²) in [5.74, 6) is 0. The molecule has 3 rings (SSSR count). The van der Waals surface area contributed by atoms with Crippen LogP contribution >= 0.6 is 11.3 Å². The summed E-state index contributed by atoms with van der Waals surface area (Å²) in [6.45, 7) is 4.51. The van der Waals surface area contributed by atoms with Gasteiger partial charge in [0, 0.05) is 13.1 Å². The first-order valence-electron chi connectivity index (χ1n) is 6.42. The summed E-state index contributed by atoms with van der Waals surface area (Å²) >= 11 is 1.63. The number of anilines is 2. The van der Waals surface area contributed by atoms with Crippen LogP contribution in [0.1, 0.15) is 12.8 Å². The zero-order valence-electron chi connectivity index (χ0n) is 10.4. The molecule has 0 unspecified atom stereocenters. The Morgan fingerprint density at radius 1 is 1.33 bits per heavy atom. The molecular weight excluding hydrogens is 244 g/mol. The first kappa shape index (κ1) is 11.7. The summed E-state index contributed by atoms with van der Waals surface area (Å²) in [7, 11) is 0. The van der Waals surface area contributed by atoms with Crippen molar-refractivity contribution in [3.63, 3.8) is 0 Å². The molecule has 4 nitrogen and oxygen atoms in total. The highest BCUT2D eigenvalue weighted by Crippen LogP contribution is 2.29. The molecule has 1 aliphatic rings.